The number of pyridine rings is 1. The summed E-state index contributed by atoms with van der Waals surface area (Å²) in [6, 6.07) is 17.9. The summed E-state index contributed by atoms with van der Waals surface area (Å²) in [4.78, 5) is 4.40. The molecule has 0 aliphatic rings. The summed E-state index contributed by atoms with van der Waals surface area (Å²) in [6.07, 6.45) is 1.58. The molecule has 3 rings (SSSR count). The van der Waals surface area contributed by atoms with Crippen molar-refractivity contribution in [2.75, 3.05) is 6.54 Å². The number of halogens is 1. The molecule has 4 heteroatoms. The van der Waals surface area contributed by atoms with Crippen molar-refractivity contribution < 1.29 is 4.74 Å². The van der Waals surface area contributed by atoms with Gasteiger partial charge in [0.1, 0.15) is 17.4 Å². The Labute approximate surface area is 131 Å². The Morgan fingerprint density at radius 3 is 2.57 bits per heavy atom. The highest BCUT2D eigenvalue weighted by atomic mass is 79.9. The van der Waals surface area contributed by atoms with Gasteiger partial charge in [0, 0.05) is 22.6 Å². The van der Waals surface area contributed by atoms with E-state index in [0.29, 0.717) is 6.54 Å². The molecule has 0 saturated heterocycles. The normalized spacial score (nSPS) is 12.3. The average Bonchev–Trinajstić information content (AvgIpc) is 2.54. The third-order valence-electron chi connectivity index (χ3n) is 3.32. The molecular formula is C17H15BrN2O. The summed E-state index contributed by atoms with van der Waals surface area (Å²) >= 11 is 3.43. The SMILES string of the molecule is NCC(Oc1cccc2cccnc12)c1ccc(Br)cc1. The molecule has 0 radical (unpaired) electrons. The first-order valence-corrected chi connectivity index (χ1v) is 7.53. The molecule has 106 valence electrons. The molecule has 21 heavy (non-hydrogen) atoms. The van der Waals surface area contributed by atoms with E-state index in [9.17, 15) is 0 Å². The Kier molecular flexibility index (Phi) is 4.18. The molecule has 0 bridgehead atoms. The second-order valence-corrected chi connectivity index (χ2v) is 5.64. The molecule has 1 aromatic heterocycles. The Hall–Kier alpha value is -1.91. The predicted molar refractivity (Wildman–Crippen MR) is 88.3 cm³/mol. The van der Waals surface area contributed by atoms with Gasteiger partial charge in [0.15, 0.2) is 0 Å². The van der Waals surface area contributed by atoms with Crippen molar-refractivity contribution in [2.24, 2.45) is 5.73 Å². The first kappa shape index (κ1) is 14.0. The Bertz CT molecular complexity index is 738. The number of nitrogens with two attached hydrogens (primary N) is 1. The van der Waals surface area contributed by atoms with Gasteiger partial charge >= 0.3 is 0 Å². The minimum Gasteiger partial charge on any atom is -0.482 e. The zero-order valence-electron chi connectivity index (χ0n) is 11.4. The average molecular weight is 343 g/mol. The van der Waals surface area contributed by atoms with Crippen LogP contribution in [0.4, 0.5) is 0 Å². The maximum atomic E-state index is 6.10. The van der Waals surface area contributed by atoms with E-state index in [2.05, 4.69) is 20.9 Å². The summed E-state index contributed by atoms with van der Waals surface area (Å²) in [6.45, 7) is 0.408. The molecule has 0 aliphatic carbocycles. The minimum absolute atomic E-state index is 0.189. The molecule has 0 amide bonds. The van der Waals surface area contributed by atoms with Gasteiger partial charge in [-0.05, 0) is 29.8 Å². The summed E-state index contributed by atoms with van der Waals surface area (Å²) in [5.41, 5.74) is 7.78. The van der Waals surface area contributed by atoms with Crippen LogP contribution in [0.15, 0.2) is 65.3 Å². The highest BCUT2D eigenvalue weighted by Gasteiger charge is 2.13. The second kappa shape index (κ2) is 6.24. The molecule has 0 saturated carbocycles. The van der Waals surface area contributed by atoms with E-state index in [1.807, 2.05) is 54.6 Å². The highest BCUT2D eigenvalue weighted by molar-refractivity contribution is 9.10. The van der Waals surface area contributed by atoms with Crippen LogP contribution in [0.2, 0.25) is 0 Å². The van der Waals surface area contributed by atoms with Crippen LogP contribution in [0.25, 0.3) is 10.9 Å². The van der Waals surface area contributed by atoms with Crippen molar-refractivity contribution in [2.45, 2.75) is 6.10 Å². The number of fused-ring (bicyclic) bond motifs is 1. The van der Waals surface area contributed by atoms with E-state index >= 15 is 0 Å². The molecule has 0 spiro atoms. The van der Waals surface area contributed by atoms with Gasteiger partial charge in [0.05, 0.1) is 0 Å². The number of nitrogens with zero attached hydrogens (tertiary/aromatic N) is 1. The summed E-state index contributed by atoms with van der Waals surface area (Å²) in [7, 11) is 0. The third-order valence-corrected chi connectivity index (χ3v) is 3.85. The first-order valence-electron chi connectivity index (χ1n) is 6.74. The first-order chi connectivity index (χ1) is 10.3. The lowest BCUT2D eigenvalue weighted by molar-refractivity contribution is 0.216. The van der Waals surface area contributed by atoms with Crippen molar-refractivity contribution >= 4 is 26.8 Å². The molecular weight excluding hydrogens is 328 g/mol. The molecule has 2 aromatic carbocycles. The zero-order chi connectivity index (χ0) is 14.7. The molecule has 2 N–H and O–H groups in total. The minimum atomic E-state index is -0.189. The smallest absolute Gasteiger partial charge is 0.146 e. The second-order valence-electron chi connectivity index (χ2n) is 4.73. The molecule has 1 unspecified atom stereocenters. The van der Waals surface area contributed by atoms with E-state index in [4.69, 9.17) is 10.5 Å². The van der Waals surface area contributed by atoms with Crippen LogP contribution in [-0.2, 0) is 0 Å². The van der Waals surface area contributed by atoms with Crippen molar-refractivity contribution in [3.8, 4) is 5.75 Å². The van der Waals surface area contributed by atoms with Gasteiger partial charge in [-0.1, -0.05) is 46.3 Å². The van der Waals surface area contributed by atoms with Gasteiger partial charge in [-0.15, -0.1) is 0 Å². The molecule has 0 fully saturated rings. The van der Waals surface area contributed by atoms with Crippen LogP contribution in [0.1, 0.15) is 11.7 Å². The molecule has 0 aliphatic heterocycles. The van der Waals surface area contributed by atoms with Gasteiger partial charge in [0.25, 0.3) is 0 Å². The molecule has 1 atom stereocenters. The quantitative estimate of drug-likeness (QED) is 0.777. The van der Waals surface area contributed by atoms with Gasteiger partial charge < -0.3 is 10.5 Å². The zero-order valence-corrected chi connectivity index (χ0v) is 13.0. The lowest BCUT2D eigenvalue weighted by Gasteiger charge is -2.18. The number of benzene rings is 2. The van der Waals surface area contributed by atoms with Crippen LogP contribution in [0.3, 0.4) is 0 Å². The summed E-state index contributed by atoms with van der Waals surface area (Å²) in [5.74, 6) is 0.756. The van der Waals surface area contributed by atoms with Crippen molar-refractivity contribution in [3.05, 3.63) is 70.8 Å². The van der Waals surface area contributed by atoms with Crippen LogP contribution < -0.4 is 10.5 Å². The number of ether oxygens (including phenoxy) is 1. The van der Waals surface area contributed by atoms with E-state index < -0.39 is 0 Å². The fourth-order valence-electron chi connectivity index (χ4n) is 2.25. The Balaban J connectivity index is 1.94. The largest absolute Gasteiger partial charge is 0.482 e. The van der Waals surface area contributed by atoms with Crippen LogP contribution in [0.5, 0.6) is 5.75 Å². The number of hydrogen-bond donors (Lipinski definition) is 1. The van der Waals surface area contributed by atoms with E-state index in [1.54, 1.807) is 6.20 Å². The van der Waals surface area contributed by atoms with Crippen LogP contribution >= 0.6 is 15.9 Å². The number of hydrogen-bond acceptors (Lipinski definition) is 3. The number of para-hydroxylation sites is 1. The fourth-order valence-corrected chi connectivity index (χ4v) is 2.52. The van der Waals surface area contributed by atoms with Crippen molar-refractivity contribution in [1.29, 1.82) is 0 Å². The van der Waals surface area contributed by atoms with Crippen molar-refractivity contribution in [3.63, 3.8) is 0 Å². The van der Waals surface area contributed by atoms with Gasteiger partial charge in [0.2, 0.25) is 0 Å². The maximum absolute atomic E-state index is 6.10. The van der Waals surface area contributed by atoms with Crippen LogP contribution in [-0.4, -0.2) is 11.5 Å². The van der Waals surface area contributed by atoms with E-state index in [1.165, 1.54) is 0 Å². The standard InChI is InChI=1S/C17H15BrN2O/c18-14-8-6-12(7-9-14)16(11-19)21-15-5-1-3-13-4-2-10-20-17(13)15/h1-10,16H,11,19H2. The lowest BCUT2D eigenvalue weighted by Crippen LogP contribution is -2.18. The lowest BCUT2D eigenvalue weighted by atomic mass is 10.1. The summed E-state index contributed by atoms with van der Waals surface area (Å²) < 4.78 is 7.14. The highest BCUT2D eigenvalue weighted by Crippen LogP contribution is 2.28. The molecule has 3 nitrogen and oxygen atoms in total. The molecule has 1 heterocycles. The number of aromatic nitrogens is 1. The van der Waals surface area contributed by atoms with Gasteiger partial charge in [-0.2, -0.15) is 0 Å². The van der Waals surface area contributed by atoms with Gasteiger partial charge in [-0.3, -0.25) is 4.98 Å². The number of rotatable bonds is 4. The Morgan fingerprint density at radius 2 is 1.81 bits per heavy atom. The van der Waals surface area contributed by atoms with Gasteiger partial charge in [-0.25, -0.2) is 0 Å². The molecule has 3 aromatic rings. The van der Waals surface area contributed by atoms with Crippen molar-refractivity contribution in [1.82, 2.24) is 4.98 Å². The Morgan fingerprint density at radius 1 is 1.05 bits per heavy atom. The topological polar surface area (TPSA) is 48.1 Å². The predicted octanol–water partition coefficient (Wildman–Crippen LogP) is 4.08. The maximum Gasteiger partial charge on any atom is 0.146 e. The monoisotopic (exact) mass is 342 g/mol. The third kappa shape index (κ3) is 3.06. The van der Waals surface area contributed by atoms with E-state index in [-0.39, 0.29) is 6.10 Å². The summed E-state index contributed by atoms with van der Waals surface area (Å²) in [5, 5.41) is 1.06. The van der Waals surface area contributed by atoms with Crippen LogP contribution in [0, 0.1) is 0 Å². The van der Waals surface area contributed by atoms with E-state index in [0.717, 1.165) is 26.7 Å². The fraction of sp³-hybridized carbons (Fsp3) is 0.118.